The van der Waals surface area contributed by atoms with Gasteiger partial charge in [-0.15, -0.1) is 0 Å². The van der Waals surface area contributed by atoms with Gasteiger partial charge in [0.25, 0.3) is 0 Å². The van der Waals surface area contributed by atoms with E-state index in [1.165, 1.54) is 6.20 Å². The maximum Gasteiger partial charge on any atom is 0.339 e. The Labute approximate surface area is 127 Å². The van der Waals surface area contributed by atoms with Gasteiger partial charge in [0.1, 0.15) is 5.56 Å². The van der Waals surface area contributed by atoms with Gasteiger partial charge in [-0.05, 0) is 39.4 Å². The zero-order chi connectivity index (χ0) is 15.8. The maximum absolute atomic E-state index is 11.1. The minimum Gasteiger partial charge on any atom is -0.478 e. The van der Waals surface area contributed by atoms with Gasteiger partial charge in [0.05, 0.1) is 11.9 Å². The van der Waals surface area contributed by atoms with Gasteiger partial charge >= 0.3 is 5.97 Å². The number of hydrogen-bond donors (Lipinski definition) is 2. The van der Waals surface area contributed by atoms with Crippen LogP contribution in [0.15, 0.2) is 6.20 Å². The summed E-state index contributed by atoms with van der Waals surface area (Å²) >= 11 is 0. The molecule has 0 aliphatic heterocycles. The molecule has 6 nitrogen and oxygen atoms in total. The second kappa shape index (κ2) is 8.79. The smallest absolute Gasteiger partial charge is 0.339 e. The lowest BCUT2D eigenvalue weighted by Gasteiger charge is -2.20. The van der Waals surface area contributed by atoms with E-state index in [9.17, 15) is 4.79 Å². The van der Waals surface area contributed by atoms with Crippen molar-refractivity contribution >= 4 is 5.97 Å². The van der Waals surface area contributed by atoms with Gasteiger partial charge in [0, 0.05) is 19.6 Å². The van der Waals surface area contributed by atoms with E-state index < -0.39 is 5.97 Å². The molecule has 0 radical (unpaired) electrons. The molecular weight excluding hydrogens is 268 g/mol. The molecule has 0 aliphatic rings. The topological polar surface area (TPSA) is 70.4 Å². The predicted molar refractivity (Wildman–Crippen MR) is 83.5 cm³/mol. The van der Waals surface area contributed by atoms with Crippen molar-refractivity contribution in [2.75, 3.05) is 19.6 Å². The van der Waals surface area contributed by atoms with Gasteiger partial charge in [0.15, 0.2) is 0 Å². The number of carboxylic acid groups (broad SMARTS) is 1. The third-order valence-corrected chi connectivity index (χ3v) is 3.92. The van der Waals surface area contributed by atoms with Crippen LogP contribution in [0.1, 0.15) is 49.7 Å². The van der Waals surface area contributed by atoms with E-state index in [1.807, 2.05) is 0 Å². The molecule has 0 saturated carbocycles. The van der Waals surface area contributed by atoms with E-state index in [2.05, 4.69) is 36.1 Å². The Bertz CT molecular complexity index is 441. The van der Waals surface area contributed by atoms with Crippen LogP contribution in [0.3, 0.4) is 0 Å². The average Bonchev–Trinajstić information content (AvgIpc) is 2.82. The Morgan fingerprint density at radius 3 is 2.71 bits per heavy atom. The summed E-state index contributed by atoms with van der Waals surface area (Å²) in [4.78, 5) is 13.5. The zero-order valence-electron chi connectivity index (χ0n) is 13.6. The standard InChI is InChI=1S/C15H28N4O2/c1-5-19(6-2)9-7-8-12(3)16-11-14-13(15(20)21)10-17-18(14)4/h10,12,16H,5-9,11H2,1-4H3,(H,20,21). The van der Waals surface area contributed by atoms with Gasteiger partial charge in [-0.25, -0.2) is 4.79 Å². The molecule has 2 N–H and O–H groups in total. The molecule has 21 heavy (non-hydrogen) atoms. The number of carbonyl (C=O) groups is 1. The number of nitrogens with zero attached hydrogens (tertiary/aromatic N) is 3. The first kappa shape index (κ1) is 17.7. The van der Waals surface area contributed by atoms with Gasteiger partial charge in [0.2, 0.25) is 0 Å². The van der Waals surface area contributed by atoms with E-state index in [4.69, 9.17) is 5.11 Å². The summed E-state index contributed by atoms with van der Waals surface area (Å²) in [6, 6.07) is 0.358. The first-order chi connectivity index (χ1) is 9.99. The van der Waals surface area contributed by atoms with E-state index in [1.54, 1.807) is 11.7 Å². The molecule has 1 aromatic heterocycles. The van der Waals surface area contributed by atoms with Crippen LogP contribution in [0.2, 0.25) is 0 Å². The van der Waals surface area contributed by atoms with Gasteiger partial charge in [-0.3, -0.25) is 4.68 Å². The second-order valence-electron chi connectivity index (χ2n) is 5.38. The fourth-order valence-corrected chi connectivity index (χ4v) is 2.39. The van der Waals surface area contributed by atoms with E-state index in [-0.39, 0.29) is 5.56 Å². The summed E-state index contributed by atoms with van der Waals surface area (Å²) in [5, 5.41) is 16.5. The molecule has 1 aromatic rings. The number of aryl methyl sites for hydroxylation is 1. The molecule has 0 amide bonds. The Morgan fingerprint density at radius 1 is 1.48 bits per heavy atom. The van der Waals surface area contributed by atoms with Crippen molar-refractivity contribution in [2.45, 2.75) is 46.2 Å². The lowest BCUT2D eigenvalue weighted by molar-refractivity contribution is 0.0695. The Hall–Kier alpha value is -1.40. The maximum atomic E-state index is 11.1. The summed E-state index contributed by atoms with van der Waals surface area (Å²) in [5.74, 6) is -0.922. The molecule has 1 atom stereocenters. The Morgan fingerprint density at radius 2 is 2.14 bits per heavy atom. The quantitative estimate of drug-likeness (QED) is 0.688. The SMILES string of the molecule is CCN(CC)CCCC(C)NCc1c(C(=O)O)cnn1C. The molecular formula is C15H28N4O2. The minimum atomic E-state index is -0.922. The Balaban J connectivity index is 2.38. The fraction of sp³-hybridized carbons (Fsp3) is 0.733. The summed E-state index contributed by atoms with van der Waals surface area (Å²) in [6.07, 6.45) is 3.63. The minimum absolute atomic E-state index is 0.278. The number of hydrogen-bond acceptors (Lipinski definition) is 4. The van der Waals surface area contributed by atoms with Crippen LogP contribution in [0.25, 0.3) is 0 Å². The van der Waals surface area contributed by atoms with E-state index in [0.717, 1.165) is 38.2 Å². The third-order valence-electron chi connectivity index (χ3n) is 3.92. The van der Waals surface area contributed by atoms with Gasteiger partial charge in [-0.2, -0.15) is 5.10 Å². The number of nitrogens with one attached hydrogen (secondary N) is 1. The molecule has 120 valence electrons. The first-order valence-corrected chi connectivity index (χ1v) is 7.69. The first-order valence-electron chi connectivity index (χ1n) is 7.69. The number of rotatable bonds is 10. The molecule has 6 heteroatoms. The van der Waals surface area contributed by atoms with Crippen LogP contribution >= 0.6 is 0 Å². The van der Waals surface area contributed by atoms with Crippen molar-refractivity contribution < 1.29 is 9.90 Å². The van der Waals surface area contributed by atoms with Crippen LogP contribution in [-0.4, -0.2) is 51.4 Å². The molecule has 0 aromatic carbocycles. The highest BCUT2D eigenvalue weighted by Crippen LogP contribution is 2.08. The largest absolute Gasteiger partial charge is 0.478 e. The summed E-state index contributed by atoms with van der Waals surface area (Å²) < 4.78 is 1.62. The molecule has 1 heterocycles. The highest BCUT2D eigenvalue weighted by Gasteiger charge is 2.15. The van der Waals surface area contributed by atoms with Gasteiger partial charge in [-0.1, -0.05) is 13.8 Å². The third kappa shape index (κ3) is 5.47. The second-order valence-corrected chi connectivity index (χ2v) is 5.38. The van der Waals surface area contributed by atoms with Crippen molar-refractivity contribution in [3.05, 3.63) is 17.5 Å². The number of carboxylic acids is 1. The molecule has 1 rings (SSSR count). The van der Waals surface area contributed by atoms with Crippen LogP contribution in [0, 0.1) is 0 Å². The normalized spacial score (nSPS) is 12.8. The van der Waals surface area contributed by atoms with E-state index in [0.29, 0.717) is 12.6 Å². The number of aromatic carboxylic acids is 1. The van der Waals surface area contributed by atoms with Crippen molar-refractivity contribution in [2.24, 2.45) is 7.05 Å². The van der Waals surface area contributed by atoms with Crippen molar-refractivity contribution in [3.63, 3.8) is 0 Å². The van der Waals surface area contributed by atoms with Crippen molar-refractivity contribution in [3.8, 4) is 0 Å². The van der Waals surface area contributed by atoms with Crippen LogP contribution in [-0.2, 0) is 13.6 Å². The monoisotopic (exact) mass is 296 g/mol. The van der Waals surface area contributed by atoms with Crippen LogP contribution in [0.4, 0.5) is 0 Å². The highest BCUT2D eigenvalue weighted by atomic mass is 16.4. The van der Waals surface area contributed by atoms with Crippen molar-refractivity contribution in [1.29, 1.82) is 0 Å². The molecule has 0 fully saturated rings. The molecule has 0 saturated heterocycles. The zero-order valence-corrected chi connectivity index (χ0v) is 13.6. The molecule has 1 unspecified atom stereocenters. The van der Waals surface area contributed by atoms with Crippen LogP contribution in [0.5, 0.6) is 0 Å². The summed E-state index contributed by atoms with van der Waals surface area (Å²) in [7, 11) is 1.77. The summed E-state index contributed by atoms with van der Waals surface area (Å²) in [6.45, 7) is 10.3. The van der Waals surface area contributed by atoms with Crippen LogP contribution < -0.4 is 5.32 Å². The lowest BCUT2D eigenvalue weighted by Crippen LogP contribution is -2.29. The highest BCUT2D eigenvalue weighted by molar-refractivity contribution is 5.88. The lowest BCUT2D eigenvalue weighted by atomic mass is 10.1. The number of aromatic nitrogens is 2. The van der Waals surface area contributed by atoms with Gasteiger partial charge < -0.3 is 15.3 Å². The average molecular weight is 296 g/mol. The molecule has 0 bridgehead atoms. The molecule has 0 aliphatic carbocycles. The fourth-order valence-electron chi connectivity index (χ4n) is 2.39. The summed E-state index contributed by atoms with van der Waals surface area (Å²) in [5.41, 5.74) is 0.999. The Kier molecular flexibility index (Phi) is 7.39. The van der Waals surface area contributed by atoms with Crippen molar-refractivity contribution in [1.82, 2.24) is 20.0 Å². The predicted octanol–water partition coefficient (Wildman–Crippen LogP) is 1.72. The van der Waals surface area contributed by atoms with E-state index >= 15 is 0 Å². The molecule has 0 spiro atoms.